The zero-order chi connectivity index (χ0) is 40.3. The van der Waals surface area contributed by atoms with Crippen LogP contribution in [-0.4, -0.2) is 88.4 Å². The van der Waals surface area contributed by atoms with Gasteiger partial charge in [-0.05, 0) is 74.8 Å². The Morgan fingerprint density at radius 3 is 1.98 bits per heavy atom. The molecule has 2 atom stereocenters. The molecule has 1 aromatic carbocycles. The molecule has 0 radical (unpaired) electrons. The Morgan fingerprint density at radius 2 is 1.57 bits per heavy atom. The molecule has 1 aromatic rings. The number of carbonyl (C=O) groups is 5. The second-order valence-corrected chi connectivity index (χ2v) is 14.4. The monoisotopic (exact) mass is 760 g/mol. The summed E-state index contributed by atoms with van der Waals surface area (Å²) in [6.45, 7) is 13.1. The summed E-state index contributed by atoms with van der Waals surface area (Å²) in [5, 5.41) is 24.2. The number of allylic oxidation sites excluding steroid dienone is 1. The zero-order valence-electron chi connectivity index (χ0n) is 33.5. The molecule has 0 spiro atoms. The van der Waals surface area contributed by atoms with Crippen molar-refractivity contribution >= 4 is 30.4 Å². The number of hydrogen-bond acceptors (Lipinski definition) is 7. The molecule has 0 aromatic heterocycles. The number of nitrogens with zero attached hydrogens (tertiary/aromatic N) is 2. The summed E-state index contributed by atoms with van der Waals surface area (Å²) >= 11 is 0. The molecule has 0 bridgehead atoms. The predicted molar refractivity (Wildman–Crippen MR) is 211 cm³/mol. The molecule has 0 saturated heterocycles. The lowest BCUT2D eigenvalue weighted by Gasteiger charge is -2.31. The van der Waals surface area contributed by atoms with Gasteiger partial charge in [-0.25, -0.2) is 9.59 Å². The van der Waals surface area contributed by atoms with Crippen LogP contribution in [0, 0.1) is 5.92 Å². The molecule has 5 N–H and O–H groups in total. The summed E-state index contributed by atoms with van der Waals surface area (Å²) in [4.78, 5) is 60.9. The minimum atomic E-state index is -0.841. The zero-order valence-corrected chi connectivity index (χ0v) is 33.5. The van der Waals surface area contributed by atoms with Crippen molar-refractivity contribution in [1.82, 2.24) is 25.8 Å². The Morgan fingerprint density at radius 1 is 0.981 bits per heavy atom. The van der Waals surface area contributed by atoms with E-state index in [1.165, 1.54) is 29.1 Å². The van der Waals surface area contributed by atoms with Gasteiger partial charge in [0.25, 0.3) is 0 Å². The molecule has 13 nitrogen and oxygen atoms in total. The number of rotatable bonds is 16. The minimum absolute atomic E-state index is 0.0387. The molecule has 5 amide bonds. The van der Waals surface area contributed by atoms with Crippen LogP contribution in [0.1, 0.15) is 135 Å². The molecular formula is C41H69N5O8. The van der Waals surface area contributed by atoms with Crippen LogP contribution >= 0.6 is 0 Å². The molecule has 3 aliphatic carbocycles. The number of hydrogen-bond donors (Lipinski definition) is 5. The number of ether oxygens (including phenoxy) is 1. The van der Waals surface area contributed by atoms with Gasteiger partial charge in [-0.3, -0.25) is 19.3 Å². The van der Waals surface area contributed by atoms with Crippen LogP contribution in [0.4, 0.5) is 9.59 Å². The maximum absolute atomic E-state index is 13.2. The summed E-state index contributed by atoms with van der Waals surface area (Å²) in [6.07, 6.45) is 15.6. The highest BCUT2D eigenvalue weighted by molar-refractivity contribution is 5.91. The first kappa shape index (κ1) is 47.9. The van der Waals surface area contributed by atoms with E-state index in [0.29, 0.717) is 32.3 Å². The average molecular weight is 760 g/mol. The van der Waals surface area contributed by atoms with Gasteiger partial charge in [-0.2, -0.15) is 0 Å². The van der Waals surface area contributed by atoms with E-state index >= 15 is 0 Å². The van der Waals surface area contributed by atoms with Crippen LogP contribution in [-0.2, 0) is 32.2 Å². The second kappa shape index (κ2) is 28.3. The van der Waals surface area contributed by atoms with Gasteiger partial charge in [0.05, 0.1) is 0 Å². The average Bonchev–Trinajstić information content (AvgIpc) is 4.07. The van der Waals surface area contributed by atoms with Crippen molar-refractivity contribution in [2.24, 2.45) is 5.92 Å². The van der Waals surface area contributed by atoms with E-state index in [4.69, 9.17) is 19.7 Å². The molecule has 13 heteroatoms. The van der Waals surface area contributed by atoms with E-state index in [9.17, 15) is 19.2 Å². The van der Waals surface area contributed by atoms with Crippen LogP contribution in [0.3, 0.4) is 0 Å². The highest BCUT2D eigenvalue weighted by Crippen LogP contribution is 2.27. The molecule has 1 heterocycles. The Labute approximate surface area is 323 Å². The Hall–Kier alpha value is -4.13. The Bertz CT molecular complexity index is 1230. The van der Waals surface area contributed by atoms with Gasteiger partial charge >= 0.3 is 12.2 Å². The summed E-state index contributed by atoms with van der Waals surface area (Å²) in [5.74, 6) is 0.755. The van der Waals surface area contributed by atoms with Crippen molar-refractivity contribution in [2.75, 3.05) is 13.8 Å². The van der Waals surface area contributed by atoms with Gasteiger partial charge in [0.15, 0.2) is 0 Å². The molecule has 54 heavy (non-hydrogen) atoms. The Balaban J connectivity index is 0.000000487. The molecule has 306 valence electrons. The lowest BCUT2D eigenvalue weighted by molar-refractivity contribution is -0.141. The number of alkyl carbamates (subject to hydrolysis) is 1. The smallest absolute Gasteiger partial charge is 0.408 e. The maximum atomic E-state index is 13.2. The molecule has 5 rings (SSSR count). The summed E-state index contributed by atoms with van der Waals surface area (Å²) in [7, 11) is 1.67. The first-order valence-corrected chi connectivity index (χ1v) is 19.9. The number of aliphatic hydroxyl groups is 1. The highest BCUT2D eigenvalue weighted by atomic mass is 16.6. The highest BCUT2D eigenvalue weighted by Gasteiger charge is 2.34. The van der Waals surface area contributed by atoms with E-state index in [1.54, 1.807) is 7.05 Å². The topological polar surface area (TPSA) is 178 Å². The van der Waals surface area contributed by atoms with Gasteiger partial charge < -0.3 is 35.8 Å². The molecule has 3 fully saturated rings. The third kappa shape index (κ3) is 20.9. The molecular weight excluding hydrogens is 690 g/mol. The molecule has 1 aliphatic heterocycles. The second-order valence-electron chi connectivity index (χ2n) is 14.4. The standard InChI is InChI=1S/C23H39N3O4.C9H9NO2.C4H8.C3H8.C2H5NO2/c1-4-6-7-8-9-14-19(25-23(29)30-18-12-10-13-18)22(28)26(3)20(11-5-2)21(27)24-17-15-16-17;11-9(12)10-5-7-3-1-2-4-8(7)6-10;1-4-2-3-4;1-3-2;4-1-3-2-5/h4,17-20H,1,5-16H2,2-3H3,(H,24,27)(H,25,29);1-4H,5-6H2,(H,11,12);4H,2-3H2,1H3;3H2,1-2H3;1,5H,2H2,(H,3,4)/t19-,20?;;;;/m0..../s1. The van der Waals surface area contributed by atoms with E-state index in [-0.39, 0.29) is 30.7 Å². The molecule has 1 unspecified atom stereocenters. The van der Waals surface area contributed by atoms with Gasteiger partial charge in [-0.15, -0.1) is 6.58 Å². The number of carboxylic acid groups (broad SMARTS) is 1. The van der Waals surface area contributed by atoms with Crippen molar-refractivity contribution in [3.8, 4) is 0 Å². The van der Waals surface area contributed by atoms with Crippen LogP contribution in [0.2, 0.25) is 0 Å². The first-order valence-electron chi connectivity index (χ1n) is 19.9. The number of likely N-dealkylation sites (N-methyl/N-ethyl adjacent to an activating group) is 1. The SMILES string of the molecule is C=CCCCCC[C@H](NC(=O)OC1CCC1)C(=O)N(C)C(CCC)C(=O)NC1CC1.CC1CC1.CCC.O=C(O)N1Cc2ccccc2C1.O=CNCO. The number of fused-ring (bicyclic) bond motifs is 1. The maximum Gasteiger partial charge on any atom is 0.408 e. The number of carbonyl (C=O) groups excluding carboxylic acids is 4. The fourth-order valence-corrected chi connectivity index (χ4v) is 5.26. The summed E-state index contributed by atoms with van der Waals surface area (Å²) < 4.78 is 5.39. The van der Waals surface area contributed by atoms with Crippen LogP contribution < -0.4 is 16.0 Å². The van der Waals surface area contributed by atoms with E-state index in [1.807, 2.05) is 42.6 Å². The Kier molecular flexibility index (Phi) is 25.1. The van der Waals surface area contributed by atoms with Gasteiger partial charge in [-0.1, -0.05) is 96.6 Å². The first-order chi connectivity index (χ1) is 25.9. The van der Waals surface area contributed by atoms with Crippen molar-refractivity contribution in [1.29, 1.82) is 0 Å². The number of benzene rings is 1. The normalized spacial score (nSPS) is 16.1. The number of nitrogens with one attached hydrogen (secondary N) is 3. The molecule has 3 saturated carbocycles. The minimum Gasteiger partial charge on any atom is -0.465 e. The molecule has 4 aliphatic rings. The van der Waals surface area contributed by atoms with Crippen LogP contribution in [0.25, 0.3) is 0 Å². The fourth-order valence-electron chi connectivity index (χ4n) is 5.26. The van der Waals surface area contributed by atoms with Crippen LogP contribution in [0.15, 0.2) is 36.9 Å². The van der Waals surface area contributed by atoms with Gasteiger partial charge in [0.1, 0.15) is 24.9 Å². The van der Waals surface area contributed by atoms with Gasteiger partial charge in [0, 0.05) is 26.2 Å². The van der Waals surface area contributed by atoms with Crippen molar-refractivity contribution in [3.05, 3.63) is 48.0 Å². The summed E-state index contributed by atoms with van der Waals surface area (Å²) in [6, 6.07) is 6.86. The summed E-state index contributed by atoms with van der Waals surface area (Å²) in [5.41, 5.74) is 2.25. The number of amides is 5. The largest absolute Gasteiger partial charge is 0.465 e. The third-order valence-electron chi connectivity index (χ3n) is 9.07. The predicted octanol–water partition coefficient (Wildman–Crippen LogP) is 6.87. The van der Waals surface area contributed by atoms with Gasteiger partial charge in [0.2, 0.25) is 18.2 Å². The fraction of sp³-hybridized carbons (Fsp3) is 0.683. The number of aliphatic hydroxyl groups excluding tert-OH is 1. The van der Waals surface area contributed by atoms with Crippen molar-refractivity contribution in [3.63, 3.8) is 0 Å². The lowest BCUT2D eigenvalue weighted by atomic mass is 9.96. The van der Waals surface area contributed by atoms with Crippen molar-refractivity contribution in [2.45, 2.75) is 161 Å². The number of unbranched alkanes of at least 4 members (excludes halogenated alkanes) is 3. The lowest BCUT2D eigenvalue weighted by Crippen LogP contribution is -2.55. The third-order valence-corrected chi connectivity index (χ3v) is 9.07. The van der Waals surface area contributed by atoms with Crippen molar-refractivity contribution < 1.29 is 38.9 Å². The quantitative estimate of drug-likeness (QED) is 0.0525. The van der Waals surface area contributed by atoms with E-state index in [0.717, 1.165) is 81.3 Å². The van der Waals surface area contributed by atoms with E-state index in [2.05, 4.69) is 38.0 Å². The van der Waals surface area contributed by atoms with E-state index < -0.39 is 24.3 Å². The van der Waals surface area contributed by atoms with Crippen LogP contribution in [0.5, 0.6) is 0 Å².